The topological polar surface area (TPSA) is 74.8 Å². The van der Waals surface area contributed by atoms with E-state index in [4.69, 9.17) is 4.74 Å². The van der Waals surface area contributed by atoms with Gasteiger partial charge in [-0.1, -0.05) is 12.8 Å². The van der Waals surface area contributed by atoms with Crippen LogP contribution in [0.5, 0.6) is 0 Å². The van der Waals surface area contributed by atoms with Crippen LogP contribution in [0.2, 0.25) is 0 Å². The molecule has 0 aromatic rings. The Morgan fingerprint density at radius 1 is 1.17 bits per heavy atom. The molecule has 3 rings (SSSR count). The highest BCUT2D eigenvalue weighted by atomic mass is 16.5. The van der Waals surface area contributed by atoms with Crippen LogP contribution in [0.3, 0.4) is 0 Å². The molecule has 2 heterocycles. The SMILES string of the molecule is CCNC(=NCCNC(=O)CC1CCCC1)NC1CC2CCC1O2. The molecule has 2 saturated heterocycles. The summed E-state index contributed by atoms with van der Waals surface area (Å²) in [7, 11) is 0. The summed E-state index contributed by atoms with van der Waals surface area (Å²) in [6, 6.07) is 0.374. The van der Waals surface area contributed by atoms with Crippen LogP contribution < -0.4 is 16.0 Å². The number of nitrogens with one attached hydrogen (secondary N) is 3. The minimum atomic E-state index is 0.177. The summed E-state index contributed by atoms with van der Waals surface area (Å²) in [5.74, 6) is 1.62. The van der Waals surface area contributed by atoms with Crippen molar-refractivity contribution >= 4 is 11.9 Å². The third-order valence-electron chi connectivity index (χ3n) is 5.43. The Morgan fingerprint density at radius 3 is 2.67 bits per heavy atom. The van der Waals surface area contributed by atoms with Crippen molar-refractivity contribution in [2.75, 3.05) is 19.6 Å². The number of amides is 1. The van der Waals surface area contributed by atoms with Crippen LogP contribution in [0.1, 0.15) is 58.3 Å². The standard InChI is InChI=1S/C18H32N4O2/c1-2-19-18(22-15-12-14-7-8-16(15)24-14)21-10-9-20-17(23)11-13-5-3-4-6-13/h13-16H,2-12H2,1H3,(H,20,23)(H2,19,21,22). The molecule has 1 amide bonds. The van der Waals surface area contributed by atoms with Gasteiger partial charge in [0.05, 0.1) is 24.8 Å². The summed E-state index contributed by atoms with van der Waals surface area (Å²) in [5, 5.41) is 9.78. The van der Waals surface area contributed by atoms with E-state index in [9.17, 15) is 4.79 Å². The summed E-state index contributed by atoms with van der Waals surface area (Å²) in [6.07, 6.45) is 9.88. The molecule has 6 heteroatoms. The van der Waals surface area contributed by atoms with E-state index < -0.39 is 0 Å². The van der Waals surface area contributed by atoms with Gasteiger partial charge >= 0.3 is 0 Å². The van der Waals surface area contributed by atoms with Gasteiger partial charge in [0.15, 0.2) is 5.96 Å². The maximum Gasteiger partial charge on any atom is 0.220 e. The Morgan fingerprint density at radius 2 is 2.00 bits per heavy atom. The Kier molecular flexibility index (Phi) is 6.35. The van der Waals surface area contributed by atoms with Crippen LogP contribution in [-0.2, 0) is 9.53 Å². The van der Waals surface area contributed by atoms with E-state index in [0.29, 0.717) is 43.7 Å². The zero-order valence-corrected chi connectivity index (χ0v) is 14.9. The number of ether oxygens (including phenoxy) is 1. The number of carbonyl (C=O) groups excluding carboxylic acids is 1. The molecule has 2 bridgehead atoms. The lowest BCUT2D eigenvalue weighted by Gasteiger charge is -2.22. The van der Waals surface area contributed by atoms with E-state index in [1.165, 1.54) is 32.1 Å². The molecule has 2 aliphatic heterocycles. The quantitative estimate of drug-likeness (QED) is 0.375. The minimum absolute atomic E-state index is 0.177. The molecule has 0 aromatic heterocycles. The van der Waals surface area contributed by atoms with Gasteiger partial charge in [-0.2, -0.15) is 0 Å². The van der Waals surface area contributed by atoms with E-state index in [0.717, 1.165) is 25.3 Å². The van der Waals surface area contributed by atoms with Gasteiger partial charge in [0.25, 0.3) is 0 Å². The van der Waals surface area contributed by atoms with Crippen LogP contribution in [0.25, 0.3) is 0 Å². The Hall–Kier alpha value is -1.30. The van der Waals surface area contributed by atoms with E-state index in [2.05, 4.69) is 27.9 Å². The molecule has 3 aliphatic rings. The number of nitrogens with zero attached hydrogens (tertiary/aromatic N) is 1. The summed E-state index contributed by atoms with van der Waals surface area (Å²) in [6.45, 7) is 4.11. The lowest BCUT2D eigenvalue weighted by Crippen LogP contribution is -2.47. The van der Waals surface area contributed by atoms with Gasteiger partial charge in [0, 0.05) is 19.5 Å². The van der Waals surface area contributed by atoms with Gasteiger partial charge in [0.2, 0.25) is 5.91 Å². The van der Waals surface area contributed by atoms with Crippen molar-refractivity contribution in [1.82, 2.24) is 16.0 Å². The summed E-state index contributed by atoms with van der Waals surface area (Å²) in [4.78, 5) is 16.5. The molecule has 3 unspecified atom stereocenters. The van der Waals surface area contributed by atoms with Gasteiger partial charge in [0.1, 0.15) is 0 Å². The molecular weight excluding hydrogens is 304 g/mol. The highest BCUT2D eigenvalue weighted by molar-refractivity contribution is 5.80. The number of aliphatic imine (C=N–C) groups is 1. The minimum Gasteiger partial charge on any atom is -0.373 e. The van der Waals surface area contributed by atoms with Crippen molar-refractivity contribution < 1.29 is 9.53 Å². The van der Waals surface area contributed by atoms with E-state index in [-0.39, 0.29) is 5.91 Å². The zero-order chi connectivity index (χ0) is 16.8. The fraction of sp³-hybridized carbons (Fsp3) is 0.889. The summed E-state index contributed by atoms with van der Waals surface area (Å²) < 4.78 is 5.88. The zero-order valence-electron chi connectivity index (χ0n) is 14.9. The molecule has 6 nitrogen and oxygen atoms in total. The van der Waals surface area contributed by atoms with Crippen LogP contribution >= 0.6 is 0 Å². The second-order valence-electron chi connectivity index (χ2n) is 7.33. The van der Waals surface area contributed by atoms with Gasteiger partial charge in [-0.15, -0.1) is 0 Å². The number of fused-ring (bicyclic) bond motifs is 2. The Labute approximate surface area is 145 Å². The monoisotopic (exact) mass is 336 g/mol. The second kappa shape index (κ2) is 8.70. The first-order valence-corrected chi connectivity index (χ1v) is 9.71. The number of guanidine groups is 1. The van der Waals surface area contributed by atoms with E-state index >= 15 is 0 Å². The predicted molar refractivity (Wildman–Crippen MR) is 95.0 cm³/mol. The van der Waals surface area contributed by atoms with Crippen molar-refractivity contribution in [2.45, 2.75) is 76.5 Å². The predicted octanol–water partition coefficient (Wildman–Crippen LogP) is 1.56. The second-order valence-corrected chi connectivity index (χ2v) is 7.33. The first kappa shape index (κ1) is 17.5. The van der Waals surface area contributed by atoms with Crippen LogP contribution in [-0.4, -0.2) is 49.8 Å². The normalized spacial score (nSPS) is 29.9. The number of hydrogen-bond donors (Lipinski definition) is 3. The van der Waals surface area contributed by atoms with Crippen molar-refractivity contribution in [3.63, 3.8) is 0 Å². The maximum absolute atomic E-state index is 11.9. The fourth-order valence-electron chi connectivity index (χ4n) is 4.20. The third kappa shape index (κ3) is 4.85. The molecule has 1 saturated carbocycles. The molecule has 0 radical (unpaired) electrons. The van der Waals surface area contributed by atoms with Crippen LogP contribution in [0, 0.1) is 5.92 Å². The summed E-state index contributed by atoms with van der Waals surface area (Å²) >= 11 is 0. The molecule has 0 spiro atoms. The number of rotatable bonds is 7. The van der Waals surface area contributed by atoms with Crippen LogP contribution in [0.4, 0.5) is 0 Å². The van der Waals surface area contributed by atoms with Gasteiger partial charge < -0.3 is 20.7 Å². The lowest BCUT2D eigenvalue weighted by atomic mass is 9.96. The molecule has 3 atom stereocenters. The first-order valence-electron chi connectivity index (χ1n) is 9.71. The van der Waals surface area contributed by atoms with Crippen LogP contribution in [0.15, 0.2) is 4.99 Å². The fourth-order valence-corrected chi connectivity index (χ4v) is 4.20. The average molecular weight is 336 g/mol. The molecule has 1 aliphatic carbocycles. The first-order chi connectivity index (χ1) is 11.7. The van der Waals surface area contributed by atoms with Gasteiger partial charge in [-0.25, -0.2) is 0 Å². The smallest absolute Gasteiger partial charge is 0.220 e. The molecule has 0 aromatic carbocycles. The average Bonchev–Trinajstić information content (AvgIpc) is 3.29. The highest BCUT2D eigenvalue weighted by Crippen LogP contribution is 2.34. The summed E-state index contributed by atoms with van der Waals surface area (Å²) in [5.41, 5.74) is 0. The van der Waals surface area contributed by atoms with E-state index in [1.54, 1.807) is 0 Å². The Balaban J connectivity index is 1.36. The molecule has 3 N–H and O–H groups in total. The van der Waals surface area contributed by atoms with Gasteiger partial charge in [-0.05, 0) is 44.9 Å². The maximum atomic E-state index is 11.9. The largest absolute Gasteiger partial charge is 0.373 e. The molecule has 136 valence electrons. The molecular formula is C18H32N4O2. The van der Waals surface area contributed by atoms with Crippen molar-refractivity contribution in [2.24, 2.45) is 10.9 Å². The molecule has 24 heavy (non-hydrogen) atoms. The van der Waals surface area contributed by atoms with Gasteiger partial charge in [-0.3, -0.25) is 9.79 Å². The molecule has 3 fully saturated rings. The Bertz CT molecular complexity index is 448. The lowest BCUT2D eigenvalue weighted by molar-refractivity contribution is -0.121. The van der Waals surface area contributed by atoms with Crippen molar-refractivity contribution in [3.8, 4) is 0 Å². The van der Waals surface area contributed by atoms with Crippen molar-refractivity contribution in [3.05, 3.63) is 0 Å². The number of hydrogen-bond acceptors (Lipinski definition) is 3. The number of carbonyl (C=O) groups is 1. The third-order valence-corrected chi connectivity index (χ3v) is 5.43. The highest BCUT2D eigenvalue weighted by Gasteiger charge is 2.41. The van der Waals surface area contributed by atoms with Crippen molar-refractivity contribution in [1.29, 1.82) is 0 Å². The van der Waals surface area contributed by atoms with E-state index in [1.807, 2.05) is 0 Å².